The zero-order valence-corrected chi connectivity index (χ0v) is 10.5. The van der Waals surface area contributed by atoms with Crippen molar-refractivity contribution in [3.63, 3.8) is 0 Å². The molecule has 0 unspecified atom stereocenters. The first-order valence-corrected chi connectivity index (χ1v) is 5.94. The van der Waals surface area contributed by atoms with Gasteiger partial charge >= 0.3 is 0 Å². The predicted octanol–water partition coefficient (Wildman–Crippen LogP) is 2.94. The fourth-order valence-corrected chi connectivity index (χ4v) is 1.72. The summed E-state index contributed by atoms with van der Waals surface area (Å²) in [4.78, 5) is 18.3. The number of H-pyrrole nitrogens is 1. The maximum Gasteiger partial charge on any atom is 0.251 e. The van der Waals surface area contributed by atoms with Crippen molar-refractivity contribution in [2.75, 3.05) is 0 Å². The smallest absolute Gasteiger partial charge is 0.251 e. The standard InChI is InChI=1S/C11H8BrClN2O/c12-8-3-1-7(2-4-8)11-14-9(6-13)5-10(16)15-11/h1-5H,6H2,(H,14,15,16). The maximum absolute atomic E-state index is 11.3. The molecule has 2 aromatic rings. The first kappa shape index (κ1) is 11.4. The molecule has 3 nitrogen and oxygen atoms in total. The third kappa shape index (κ3) is 2.51. The Balaban J connectivity index is 2.51. The van der Waals surface area contributed by atoms with Gasteiger partial charge in [-0.3, -0.25) is 4.79 Å². The van der Waals surface area contributed by atoms with Gasteiger partial charge in [-0.05, 0) is 12.1 Å². The molecule has 0 aliphatic rings. The average molecular weight is 300 g/mol. The average Bonchev–Trinajstić information content (AvgIpc) is 2.29. The van der Waals surface area contributed by atoms with Crippen molar-refractivity contribution < 1.29 is 0 Å². The van der Waals surface area contributed by atoms with E-state index in [1.54, 1.807) is 0 Å². The van der Waals surface area contributed by atoms with Crippen molar-refractivity contribution in [1.82, 2.24) is 9.97 Å². The van der Waals surface area contributed by atoms with Crippen molar-refractivity contribution in [1.29, 1.82) is 0 Å². The fourth-order valence-electron chi connectivity index (χ4n) is 1.32. The summed E-state index contributed by atoms with van der Waals surface area (Å²) in [5.74, 6) is 0.767. The van der Waals surface area contributed by atoms with Crippen molar-refractivity contribution in [2.45, 2.75) is 5.88 Å². The lowest BCUT2D eigenvalue weighted by atomic mass is 10.2. The Bertz CT molecular complexity index is 551. The van der Waals surface area contributed by atoms with E-state index in [0.29, 0.717) is 11.5 Å². The highest BCUT2D eigenvalue weighted by Crippen LogP contribution is 2.17. The molecular formula is C11H8BrClN2O. The van der Waals surface area contributed by atoms with E-state index in [4.69, 9.17) is 11.6 Å². The highest BCUT2D eigenvalue weighted by Gasteiger charge is 2.03. The van der Waals surface area contributed by atoms with Gasteiger partial charge in [0.25, 0.3) is 5.56 Å². The Labute approximate surface area is 106 Å². The molecule has 0 aliphatic carbocycles. The second kappa shape index (κ2) is 4.80. The third-order valence-electron chi connectivity index (χ3n) is 2.05. The molecule has 0 spiro atoms. The van der Waals surface area contributed by atoms with Gasteiger partial charge < -0.3 is 4.98 Å². The molecule has 16 heavy (non-hydrogen) atoms. The third-order valence-corrected chi connectivity index (χ3v) is 2.85. The molecule has 0 saturated carbocycles. The Morgan fingerprint density at radius 3 is 2.62 bits per heavy atom. The van der Waals surface area contributed by atoms with Gasteiger partial charge in [-0.1, -0.05) is 28.1 Å². The summed E-state index contributed by atoms with van der Waals surface area (Å²) >= 11 is 9.01. The Kier molecular flexibility index (Phi) is 3.41. The molecule has 1 aromatic carbocycles. The Morgan fingerprint density at radius 2 is 2.00 bits per heavy atom. The second-order valence-corrected chi connectivity index (χ2v) is 4.41. The minimum Gasteiger partial charge on any atom is -0.307 e. The first-order valence-electron chi connectivity index (χ1n) is 4.61. The summed E-state index contributed by atoms with van der Waals surface area (Å²) in [6.45, 7) is 0. The molecule has 0 bridgehead atoms. The zero-order valence-electron chi connectivity index (χ0n) is 8.21. The number of aromatic nitrogens is 2. The van der Waals surface area contributed by atoms with E-state index in [2.05, 4.69) is 25.9 Å². The van der Waals surface area contributed by atoms with Gasteiger partial charge in [-0.25, -0.2) is 4.98 Å². The summed E-state index contributed by atoms with van der Waals surface area (Å²) in [6, 6.07) is 8.93. The van der Waals surface area contributed by atoms with Crippen LogP contribution in [-0.2, 0) is 5.88 Å². The van der Waals surface area contributed by atoms with Crippen LogP contribution in [0.3, 0.4) is 0 Å². The molecule has 0 radical (unpaired) electrons. The molecule has 1 N–H and O–H groups in total. The molecule has 0 saturated heterocycles. The van der Waals surface area contributed by atoms with Crippen LogP contribution < -0.4 is 5.56 Å². The highest BCUT2D eigenvalue weighted by molar-refractivity contribution is 9.10. The van der Waals surface area contributed by atoms with Gasteiger partial charge in [-0.2, -0.15) is 0 Å². The lowest BCUT2D eigenvalue weighted by Gasteiger charge is -2.02. The van der Waals surface area contributed by atoms with Crippen molar-refractivity contribution in [3.05, 3.63) is 50.9 Å². The number of alkyl halides is 1. The molecule has 1 aromatic heterocycles. The molecule has 0 atom stereocenters. The molecule has 0 fully saturated rings. The van der Waals surface area contributed by atoms with E-state index >= 15 is 0 Å². The monoisotopic (exact) mass is 298 g/mol. The predicted molar refractivity (Wildman–Crippen MR) is 67.6 cm³/mol. The van der Waals surface area contributed by atoms with E-state index in [0.717, 1.165) is 10.0 Å². The number of benzene rings is 1. The molecule has 82 valence electrons. The van der Waals surface area contributed by atoms with E-state index in [-0.39, 0.29) is 11.4 Å². The zero-order chi connectivity index (χ0) is 11.5. The van der Waals surface area contributed by atoms with Crippen LogP contribution in [0.15, 0.2) is 39.6 Å². The minimum atomic E-state index is -0.191. The van der Waals surface area contributed by atoms with Crippen LogP contribution in [-0.4, -0.2) is 9.97 Å². The van der Waals surface area contributed by atoms with Crippen LogP contribution >= 0.6 is 27.5 Å². The van der Waals surface area contributed by atoms with Crippen LogP contribution in [0.1, 0.15) is 5.69 Å². The first-order chi connectivity index (χ1) is 7.69. The molecule has 0 aliphatic heterocycles. The van der Waals surface area contributed by atoms with E-state index in [1.165, 1.54) is 6.07 Å². The summed E-state index contributed by atoms with van der Waals surface area (Å²) in [5.41, 5.74) is 1.24. The molecule has 0 amide bonds. The number of hydrogen-bond donors (Lipinski definition) is 1. The van der Waals surface area contributed by atoms with E-state index < -0.39 is 0 Å². The lowest BCUT2D eigenvalue weighted by molar-refractivity contribution is 1.06. The van der Waals surface area contributed by atoms with Crippen molar-refractivity contribution in [3.8, 4) is 11.4 Å². The summed E-state index contributed by atoms with van der Waals surface area (Å²) in [5, 5.41) is 0. The van der Waals surface area contributed by atoms with Crippen molar-refractivity contribution >= 4 is 27.5 Å². The Morgan fingerprint density at radius 1 is 1.31 bits per heavy atom. The number of rotatable bonds is 2. The lowest BCUT2D eigenvalue weighted by Crippen LogP contribution is -2.09. The van der Waals surface area contributed by atoms with Gasteiger partial charge in [0.1, 0.15) is 5.82 Å². The van der Waals surface area contributed by atoms with Gasteiger partial charge in [0.2, 0.25) is 0 Å². The van der Waals surface area contributed by atoms with Crippen LogP contribution in [0.2, 0.25) is 0 Å². The summed E-state index contributed by atoms with van der Waals surface area (Å²) < 4.78 is 0.979. The SMILES string of the molecule is O=c1cc(CCl)nc(-c2ccc(Br)cc2)[nH]1. The topological polar surface area (TPSA) is 45.8 Å². The van der Waals surface area contributed by atoms with Crippen LogP contribution in [0.25, 0.3) is 11.4 Å². The molecule has 5 heteroatoms. The van der Waals surface area contributed by atoms with E-state index in [1.807, 2.05) is 24.3 Å². The van der Waals surface area contributed by atoms with Gasteiger partial charge in [0.05, 0.1) is 11.6 Å². The number of nitrogens with one attached hydrogen (secondary N) is 1. The summed E-state index contributed by atoms with van der Waals surface area (Å²) in [7, 11) is 0. The van der Waals surface area contributed by atoms with Crippen molar-refractivity contribution in [2.24, 2.45) is 0 Å². The summed E-state index contributed by atoms with van der Waals surface area (Å²) in [6.07, 6.45) is 0. The number of halogens is 2. The second-order valence-electron chi connectivity index (χ2n) is 3.23. The van der Waals surface area contributed by atoms with Crippen LogP contribution in [0.5, 0.6) is 0 Å². The maximum atomic E-state index is 11.3. The number of nitrogens with zero attached hydrogens (tertiary/aromatic N) is 1. The molecular weight excluding hydrogens is 291 g/mol. The quantitative estimate of drug-likeness (QED) is 0.867. The van der Waals surface area contributed by atoms with Crippen LogP contribution in [0.4, 0.5) is 0 Å². The highest BCUT2D eigenvalue weighted by atomic mass is 79.9. The Hall–Kier alpha value is -1.13. The van der Waals surface area contributed by atoms with Gasteiger partial charge in [0.15, 0.2) is 0 Å². The molecule has 1 heterocycles. The number of aromatic amines is 1. The molecule has 2 rings (SSSR count). The minimum absolute atomic E-state index is 0.191. The fraction of sp³-hybridized carbons (Fsp3) is 0.0909. The van der Waals surface area contributed by atoms with Gasteiger partial charge in [-0.15, -0.1) is 11.6 Å². The number of hydrogen-bond acceptors (Lipinski definition) is 2. The van der Waals surface area contributed by atoms with E-state index in [9.17, 15) is 4.79 Å². The normalized spacial score (nSPS) is 10.4. The van der Waals surface area contributed by atoms with Crippen LogP contribution in [0, 0.1) is 0 Å². The largest absolute Gasteiger partial charge is 0.307 e. The van der Waals surface area contributed by atoms with Gasteiger partial charge in [0, 0.05) is 16.1 Å².